The van der Waals surface area contributed by atoms with Crippen LogP contribution in [-0.4, -0.2) is 63.7 Å². The Hall–Kier alpha value is -0.900. The number of piperidine rings is 1. The maximum atomic E-state index is 3.51. The van der Waals surface area contributed by atoms with E-state index in [0.29, 0.717) is 5.41 Å². The lowest BCUT2D eigenvalue weighted by Crippen LogP contribution is -2.47. The van der Waals surface area contributed by atoms with Crippen molar-refractivity contribution in [1.82, 2.24) is 15.1 Å². The largest absolute Gasteiger partial charge is 0.317 e. The first-order valence-corrected chi connectivity index (χ1v) is 7.72. The molecule has 20 heavy (non-hydrogen) atoms. The highest BCUT2D eigenvalue weighted by atomic mass is 15.2. The van der Waals surface area contributed by atoms with Gasteiger partial charge >= 0.3 is 0 Å². The molecular formula is C17H29N3. The number of hydrogen-bond donors (Lipinski definition) is 1. The van der Waals surface area contributed by atoms with Crippen LogP contribution in [-0.2, 0) is 5.41 Å². The van der Waals surface area contributed by atoms with Crippen molar-refractivity contribution >= 4 is 0 Å². The lowest BCUT2D eigenvalue weighted by atomic mass is 9.73. The zero-order valence-corrected chi connectivity index (χ0v) is 13.2. The van der Waals surface area contributed by atoms with E-state index in [1.165, 1.54) is 18.4 Å². The summed E-state index contributed by atoms with van der Waals surface area (Å²) in [6, 6.07) is 11.1. The summed E-state index contributed by atoms with van der Waals surface area (Å²) in [5, 5.41) is 3.51. The summed E-state index contributed by atoms with van der Waals surface area (Å²) in [6.07, 6.45) is 2.48. The van der Waals surface area contributed by atoms with Crippen LogP contribution in [0, 0.1) is 0 Å². The van der Waals surface area contributed by atoms with Gasteiger partial charge in [0.05, 0.1) is 0 Å². The maximum Gasteiger partial charge on any atom is 0.0106 e. The van der Waals surface area contributed by atoms with Crippen molar-refractivity contribution in [2.24, 2.45) is 0 Å². The van der Waals surface area contributed by atoms with Gasteiger partial charge in [-0.05, 0) is 52.6 Å². The lowest BCUT2D eigenvalue weighted by molar-refractivity contribution is 0.189. The third-order valence-corrected chi connectivity index (χ3v) is 4.45. The van der Waals surface area contributed by atoms with Crippen molar-refractivity contribution in [1.29, 1.82) is 0 Å². The average Bonchev–Trinajstić information content (AvgIpc) is 2.47. The molecular weight excluding hydrogens is 246 g/mol. The van der Waals surface area contributed by atoms with Gasteiger partial charge in [0, 0.05) is 25.0 Å². The van der Waals surface area contributed by atoms with Crippen LogP contribution in [0.25, 0.3) is 0 Å². The van der Waals surface area contributed by atoms with E-state index in [1.807, 2.05) is 0 Å². The van der Waals surface area contributed by atoms with Crippen molar-refractivity contribution in [2.75, 3.05) is 53.9 Å². The molecule has 0 aromatic heterocycles. The van der Waals surface area contributed by atoms with E-state index in [4.69, 9.17) is 0 Å². The van der Waals surface area contributed by atoms with Crippen LogP contribution in [0.4, 0.5) is 0 Å². The van der Waals surface area contributed by atoms with E-state index in [2.05, 4.69) is 66.6 Å². The smallest absolute Gasteiger partial charge is 0.0106 e. The number of nitrogens with one attached hydrogen (secondary N) is 1. The second-order valence-electron chi connectivity index (χ2n) is 6.44. The van der Waals surface area contributed by atoms with Gasteiger partial charge in [-0.15, -0.1) is 0 Å². The fourth-order valence-electron chi connectivity index (χ4n) is 3.20. The SMILES string of the molecule is CN(C)CCN(C)CC1(c2ccccc2)CCNCC1. The Morgan fingerprint density at radius 3 is 2.25 bits per heavy atom. The van der Waals surface area contributed by atoms with Gasteiger partial charge in [0.25, 0.3) is 0 Å². The highest BCUT2D eigenvalue weighted by Gasteiger charge is 2.34. The number of rotatable bonds is 6. The Balaban J connectivity index is 2.07. The number of likely N-dealkylation sites (N-methyl/N-ethyl adjacent to an activating group) is 2. The molecule has 0 radical (unpaired) electrons. The molecule has 1 saturated heterocycles. The van der Waals surface area contributed by atoms with Crippen LogP contribution >= 0.6 is 0 Å². The fraction of sp³-hybridized carbons (Fsp3) is 0.647. The van der Waals surface area contributed by atoms with Crippen molar-refractivity contribution in [3.63, 3.8) is 0 Å². The Kier molecular flexibility index (Phi) is 5.58. The van der Waals surface area contributed by atoms with Crippen LogP contribution < -0.4 is 5.32 Å². The molecule has 0 bridgehead atoms. The monoisotopic (exact) mass is 275 g/mol. The molecule has 0 saturated carbocycles. The van der Waals surface area contributed by atoms with Crippen molar-refractivity contribution in [2.45, 2.75) is 18.3 Å². The van der Waals surface area contributed by atoms with E-state index in [1.54, 1.807) is 0 Å². The molecule has 0 amide bonds. The highest BCUT2D eigenvalue weighted by molar-refractivity contribution is 5.27. The molecule has 1 heterocycles. The van der Waals surface area contributed by atoms with E-state index >= 15 is 0 Å². The van der Waals surface area contributed by atoms with Crippen LogP contribution in [0.15, 0.2) is 30.3 Å². The van der Waals surface area contributed by atoms with Gasteiger partial charge in [-0.3, -0.25) is 0 Å². The molecule has 1 aliphatic heterocycles. The third-order valence-electron chi connectivity index (χ3n) is 4.45. The second-order valence-corrected chi connectivity index (χ2v) is 6.44. The summed E-state index contributed by atoms with van der Waals surface area (Å²) in [6.45, 7) is 5.69. The standard InChI is InChI=1S/C17H29N3/c1-19(2)13-14-20(3)15-17(9-11-18-12-10-17)16-7-5-4-6-8-16/h4-8,18H,9-15H2,1-3H3. The molecule has 2 rings (SSSR count). The number of nitrogens with zero attached hydrogens (tertiary/aromatic N) is 2. The molecule has 1 fully saturated rings. The first-order chi connectivity index (χ1) is 9.62. The van der Waals surface area contributed by atoms with Crippen LogP contribution in [0.5, 0.6) is 0 Å². The summed E-state index contributed by atoms with van der Waals surface area (Å²) in [7, 11) is 6.55. The third kappa shape index (κ3) is 4.05. The Morgan fingerprint density at radius 2 is 1.65 bits per heavy atom. The predicted octanol–water partition coefficient (Wildman–Crippen LogP) is 1.80. The summed E-state index contributed by atoms with van der Waals surface area (Å²) < 4.78 is 0. The molecule has 1 aromatic rings. The van der Waals surface area contributed by atoms with Gasteiger partial charge in [-0.25, -0.2) is 0 Å². The number of benzene rings is 1. The topological polar surface area (TPSA) is 18.5 Å². The van der Waals surface area contributed by atoms with Crippen LogP contribution in [0.1, 0.15) is 18.4 Å². The zero-order chi connectivity index (χ0) is 14.4. The summed E-state index contributed by atoms with van der Waals surface area (Å²) in [5.74, 6) is 0. The van der Waals surface area contributed by atoms with Gasteiger partial charge in [0.1, 0.15) is 0 Å². The minimum atomic E-state index is 0.327. The summed E-state index contributed by atoms with van der Waals surface area (Å²) in [5.41, 5.74) is 1.84. The average molecular weight is 275 g/mol. The Labute approximate surface area is 124 Å². The molecule has 0 aliphatic carbocycles. The van der Waals surface area contributed by atoms with Crippen LogP contribution in [0.3, 0.4) is 0 Å². The second kappa shape index (κ2) is 7.21. The minimum absolute atomic E-state index is 0.327. The lowest BCUT2D eigenvalue weighted by Gasteiger charge is -2.41. The van der Waals surface area contributed by atoms with Gasteiger partial charge in [-0.1, -0.05) is 30.3 Å². The van der Waals surface area contributed by atoms with E-state index in [9.17, 15) is 0 Å². The molecule has 1 N–H and O–H groups in total. The molecule has 112 valence electrons. The molecule has 1 aromatic carbocycles. The zero-order valence-electron chi connectivity index (χ0n) is 13.2. The number of hydrogen-bond acceptors (Lipinski definition) is 3. The normalized spacial score (nSPS) is 18.6. The minimum Gasteiger partial charge on any atom is -0.317 e. The molecule has 0 unspecified atom stereocenters. The van der Waals surface area contributed by atoms with Gasteiger partial charge in [0.2, 0.25) is 0 Å². The molecule has 3 heteroatoms. The predicted molar refractivity (Wildman–Crippen MR) is 86.3 cm³/mol. The maximum absolute atomic E-state index is 3.51. The Bertz CT molecular complexity index is 382. The van der Waals surface area contributed by atoms with E-state index in [-0.39, 0.29) is 0 Å². The molecule has 0 atom stereocenters. The van der Waals surface area contributed by atoms with Crippen molar-refractivity contribution in [3.8, 4) is 0 Å². The molecule has 0 spiro atoms. The summed E-state index contributed by atoms with van der Waals surface area (Å²) >= 11 is 0. The van der Waals surface area contributed by atoms with Crippen molar-refractivity contribution in [3.05, 3.63) is 35.9 Å². The molecule has 1 aliphatic rings. The first-order valence-electron chi connectivity index (χ1n) is 7.72. The van der Waals surface area contributed by atoms with Crippen molar-refractivity contribution < 1.29 is 0 Å². The summed E-state index contributed by atoms with van der Waals surface area (Å²) in [4.78, 5) is 4.76. The van der Waals surface area contributed by atoms with Gasteiger partial charge in [0.15, 0.2) is 0 Å². The van der Waals surface area contributed by atoms with Gasteiger partial charge in [-0.2, -0.15) is 0 Å². The quantitative estimate of drug-likeness (QED) is 0.854. The van der Waals surface area contributed by atoms with E-state index < -0.39 is 0 Å². The molecule has 3 nitrogen and oxygen atoms in total. The highest BCUT2D eigenvalue weighted by Crippen LogP contribution is 2.34. The fourth-order valence-corrected chi connectivity index (χ4v) is 3.20. The van der Waals surface area contributed by atoms with E-state index in [0.717, 1.165) is 32.7 Å². The first kappa shape index (κ1) is 15.5. The van der Waals surface area contributed by atoms with Gasteiger partial charge < -0.3 is 15.1 Å². The van der Waals surface area contributed by atoms with Crippen LogP contribution in [0.2, 0.25) is 0 Å². The Morgan fingerprint density at radius 1 is 1.00 bits per heavy atom.